The number of nitrogens with zero attached hydrogens (tertiary/aromatic N) is 8. The third-order valence-corrected chi connectivity index (χ3v) is 27.3. The molecule has 112 heavy (non-hydrogen) atoms. The van der Waals surface area contributed by atoms with E-state index in [4.69, 9.17) is 0 Å². The lowest BCUT2D eigenvalue weighted by atomic mass is 9.65. The molecule has 5 fully saturated rings. The Bertz CT molecular complexity index is 5200. The molecule has 8 aliphatic heterocycles. The van der Waals surface area contributed by atoms with Gasteiger partial charge in [-0.15, -0.1) is 0 Å². The van der Waals surface area contributed by atoms with Crippen LogP contribution < -0.4 is 43.5 Å². The van der Waals surface area contributed by atoms with Crippen molar-refractivity contribution in [2.75, 3.05) is 13.1 Å². The molecular weight excluding hydrogens is 1400 g/mol. The molecule has 4 atom stereocenters. The normalized spacial score (nSPS) is 23.1. The highest BCUT2D eigenvalue weighted by molar-refractivity contribution is 5.93. The summed E-state index contributed by atoms with van der Waals surface area (Å²) in [5.74, 6) is -1.58. The van der Waals surface area contributed by atoms with E-state index in [0.29, 0.717) is 12.8 Å². The fourth-order valence-electron chi connectivity index (χ4n) is 21.6. The second kappa shape index (κ2) is 29.1. The van der Waals surface area contributed by atoms with E-state index in [1.807, 2.05) is 21.9 Å². The molecule has 2 bridgehead atoms. The van der Waals surface area contributed by atoms with Crippen molar-refractivity contribution in [2.45, 2.75) is 268 Å². The second-order valence-corrected chi connectivity index (χ2v) is 33.9. The number of amides is 8. The molecule has 11 aliphatic rings. The number of aromatic nitrogens is 4. The highest BCUT2D eigenvalue weighted by Crippen LogP contribution is 2.59. The van der Waals surface area contributed by atoms with Gasteiger partial charge < -0.3 is 21.3 Å². The molecule has 10 heterocycles. The molecule has 4 N–H and O–H groups in total. The minimum atomic E-state index is -1.37. The average Bonchev–Trinajstić information content (AvgIpc) is 1.50. The maximum absolute atomic E-state index is 15.6. The van der Waals surface area contributed by atoms with Crippen LogP contribution in [0.4, 0.5) is 19.2 Å². The molecule has 20 heteroatoms. The molecule has 8 aromatic rings. The van der Waals surface area contributed by atoms with Crippen molar-refractivity contribution < 1.29 is 19.2 Å². The quantitative estimate of drug-likeness (QED) is 0.0272. The van der Waals surface area contributed by atoms with Crippen molar-refractivity contribution in [2.24, 2.45) is 0 Å². The molecule has 0 saturated carbocycles. The van der Waals surface area contributed by atoms with Crippen LogP contribution in [0.25, 0.3) is 10.8 Å². The van der Waals surface area contributed by atoms with E-state index in [1.54, 1.807) is 9.80 Å². The number of aryl methyl sites for hydroxylation is 4. The average molecular weight is 1510 g/mol. The largest absolute Gasteiger partial charge is 0.322 e. The van der Waals surface area contributed by atoms with Gasteiger partial charge in [0.25, 0.3) is 22.2 Å². The molecule has 582 valence electrons. The van der Waals surface area contributed by atoms with Gasteiger partial charge >= 0.3 is 24.1 Å². The second-order valence-electron chi connectivity index (χ2n) is 33.9. The van der Waals surface area contributed by atoms with Gasteiger partial charge in [0.1, 0.15) is 0 Å². The summed E-state index contributed by atoms with van der Waals surface area (Å²) < 4.78 is 6.02. The van der Waals surface area contributed by atoms with Crippen molar-refractivity contribution in [1.29, 1.82) is 0 Å². The first-order valence-corrected chi connectivity index (χ1v) is 42.4. The van der Waals surface area contributed by atoms with Crippen LogP contribution in [0.5, 0.6) is 0 Å². The first-order chi connectivity index (χ1) is 54.6. The van der Waals surface area contributed by atoms with E-state index in [9.17, 15) is 0 Å². The van der Waals surface area contributed by atoms with Crippen molar-refractivity contribution in [3.8, 4) is 0 Å². The van der Waals surface area contributed by atoms with Crippen LogP contribution in [0.15, 0.2) is 152 Å². The van der Waals surface area contributed by atoms with Crippen molar-refractivity contribution in [3.63, 3.8) is 0 Å². The van der Waals surface area contributed by atoms with Gasteiger partial charge in [-0.2, -0.15) is 0 Å². The molecule has 5 saturated heterocycles. The number of fused-ring (bicyclic) bond motifs is 6. The number of carbonyl (C=O) groups is 4. The third kappa shape index (κ3) is 11.4. The monoisotopic (exact) mass is 1510 g/mol. The Balaban J connectivity index is 0.648. The highest BCUT2D eigenvalue weighted by atomic mass is 16.2. The number of hydrogen-bond acceptors (Lipinski definition) is 8. The van der Waals surface area contributed by atoms with E-state index in [2.05, 4.69) is 158 Å². The molecule has 3 aliphatic carbocycles. The zero-order chi connectivity index (χ0) is 77.0. The summed E-state index contributed by atoms with van der Waals surface area (Å²) in [5, 5.41) is 15.2. The Labute approximate surface area is 654 Å². The maximum Gasteiger partial charge on any atom is 0.322 e. The number of urea groups is 4. The Kier molecular flexibility index (Phi) is 19.0. The van der Waals surface area contributed by atoms with Crippen LogP contribution in [0.1, 0.15) is 270 Å². The van der Waals surface area contributed by atoms with Crippen molar-refractivity contribution >= 4 is 34.9 Å². The lowest BCUT2D eigenvalue weighted by Crippen LogP contribution is -2.65. The number of unbranched alkanes of at least 4 members (excludes halogenated alkanes) is 16. The molecule has 0 radical (unpaired) electrons. The molecule has 2 unspecified atom stereocenters. The van der Waals surface area contributed by atoms with Crippen molar-refractivity contribution in [1.82, 2.24) is 59.6 Å². The highest BCUT2D eigenvalue weighted by Gasteiger charge is 2.76. The predicted molar refractivity (Wildman–Crippen MR) is 433 cm³/mol. The van der Waals surface area contributed by atoms with Gasteiger partial charge in [-0.3, -0.25) is 38.8 Å². The lowest BCUT2D eigenvalue weighted by molar-refractivity contribution is -0.0224. The smallest absolute Gasteiger partial charge is 0.307 e. The predicted octanol–water partition coefficient (Wildman–Crippen LogP) is 15.2. The van der Waals surface area contributed by atoms with Gasteiger partial charge in [0, 0.05) is 69.4 Å². The zero-order valence-electron chi connectivity index (χ0n) is 65.6. The maximum atomic E-state index is 15.6. The van der Waals surface area contributed by atoms with E-state index in [0.717, 1.165) is 137 Å². The lowest BCUT2D eigenvalue weighted by Gasteiger charge is -2.50. The molecule has 20 nitrogen and oxygen atoms in total. The standard InChI is InChI=1S/C92H106N12O8/c1-5-9-13-17-21-25-59-29-37-71(38-30-59)89-91(73-41-33-61(34-42-73)27-23-19-15-11-7-3)97(85(109)93-89)51-65-47-63-49-67-55-101-81(105)77-75-45-46-76(78(77)82(106)102(101)56-68(67)50-64(63)48-66(65)52-98(91)86(110)94-89)80-79(75)83(107)103-57-70(58-104(103)84(80)108)69-53-99-87(111)95-90(72-39-31-60(32-40-72)26-22-18-14-10-6-2)92(99,100(54-69)88(112)96-90)74-43-35-62(36-44-74)28-24-20-16-12-8-4/h29-44,47-50,75-76H,5-28,45-46,51-58H2,1-4H3,(H,93,109)(H,94,110)(H,95,111)(H,96,112)/t75-,76+,89?,90?,91?,92?. The van der Waals surface area contributed by atoms with Crippen LogP contribution in [0.3, 0.4) is 0 Å². The van der Waals surface area contributed by atoms with Crippen LogP contribution in [0.2, 0.25) is 0 Å². The molecule has 2 aromatic heterocycles. The molecule has 0 spiro atoms. The summed E-state index contributed by atoms with van der Waals surface area (Å²) in [6.07, 6.45) is 27.9. The molecule has 8 amide bonds. The van der Waals surface area contributed by atoms with Gasteiger partial charge in [0.15, 0.2) is 22.7 Å². The van der Waals surface area contributed by atoms with Crippen LogP contribution in [-0.2, 0) is 87.6 Å². The topological polar surface area (TPSA) is 217 Å². The molecule has 19 rings (SSSR count). The van der Waals surface area contributed by atoms with Crippen molar-refractivity contribution in [3.05, 3.63) is 263 Å². The van der Waals surface area contributed by atoms with E-state index in [-0.39, 0.29) is 121 Å². The van der Waals surface area contributed by atoms with Gasteiger partial charge in [0.2, 0.25) is 0 Å². The summed E-state index contributed by atoms with van der Waals surface area (Å²) in [4.78, 5) is 130. The molecular formula is C92H106N12O8. The summed E-state index contributed by atoms with van der Waals surface area (Å²) >= 11 is 0. The first-order valence-electron chi connectivity index (χ1n) is 42.4. The summed E-state index contributed by atoms with van der Waals surface area (Å²) in [5.41, 5.74) is 7.17. The van der Waals surface area contributed by atoms with Gasteiger partial charge in [-0.25, -0.2) is 37.9 Å². The zero-order valence-corrected chi connectivity index (χ0v) is 65.6. The van der Waals surface area contributed by atoms with E-state index >= 15 is 38.4 Å². The van der Waals surface area contributed by atoms with Crippen LogP contribution >= 0.6 is 0 Å². The fourth-order valence-corrected chi connectivity index (χ4v) is 21.6. The first kappa shape index (κ1) is 73.3. The Morgan fingerprint density at radius 1 is 0.295 bits per heavy atom. The Morgan fingerprint density at radius 2 is 0.545 bits per heavy atom. The number of carbonyl (C=O) groups excluding carboxylic acids is 4. The minimum absolute atomic E-state index is 0.0397. The van der Waals surface area contributed by atoms with E-state index < -0.39 is 34.5 Å². The Morgan fingerprint density at radius 3 is 0.839 bits per heavy atom. The third-order valence-electron chi connectivity index (χ3n) is 27.3. The number of rotatable bonds is 28. The number of benzene rings is 6. The number of nitrogens with one attached hydrogen (secondary N) is 4. The van der Waals surface area contributed by atoms with Gasteiger partial charge in [0.05, 0.1) is 39.3 Å². The fraction of sp³-hybridized carbons (Fsp3) is 0.478. The number of hydrogen-bond donors (Lipinski definition) is 4. The Hall–Kier alpha value is -10.2. The summed E-state index contributed by atoms with van der Waals surface area (Å²) in [6.45, 7) is 9.77. The summed E-state index contributed by atoms with van der Waals surface area (Å²) in [7, 11) is 0. The minimum Gasteiger partial charge on any atom is -0.307 e. The number of allylic oxidation sites excluding steroid dienone is 1. The van der Waals surface area contributed by atoms with E-state index in [1.165, 1.54) is 124 Å². The van der Waals surface area contributed by atoms with Gasteiger partial charge in [-0.1, -0.05) is 227 Å². The summed E-state index contributed by atoms with van der Waals surface area (Å²) in [6, 6.07) is 40.9. The molecule has 6 aromatic carbocycles. The van der Waals surface area contributed by atoms with Crippen LogP contribution in [0, 0.1) is 0 Å². The van der Waals surface area contributed by atoms with Gasteiger partial charge in [-0.05, 0) is 155 Å². The SMILES string of the molecule is CCCCCCCc1ccc(C23NC(=O)N4CC(=C5Cn6c(=O)c7c(c(=O)n6C5)[C@@H]5CC[C@H]7c6c5c(=O)n5n(c6=O)Cc6cc7cc8c(cc7cc6C5)CN5C(=O)NC6(c7ccc(CCCCCCC)cc7)NC(=O)N(C8)C56c5ccc(CCCCCCC)cc5)CN(C(=O)N2)C43c2ccc(CCCCCCC)cc2)cc1. The van der Waals surface area contributed by atoms with Crippen LogP contribution in [-0.4, -0.2) is 75.5 Å².